The Morgan fingerprint density at radius 1 is 0.911 bits per heavy atom. The zero-order valence-electron chi connectivity index (χ0n) is 42.9. The molecule has 5 heterocycles. The summed E-state index contributed by atoms with van der Waals surface area (Å²) >= 11 is 0. The minimum Gasteiger partial charge on any atom is -0.370 e. The number of aromatic amines is 1. The zero-order chi connectivity index (χ0) is 56.4. The third kappa shape index (κ3) is 12.1. The zero-order valence-corrected chi connectivity index (χ0v) is 43.8. The number of nitrogens with zero attached hydrogens (tertiary/aromatic N) is 3. The first-order valence-electron chi connectivity index (χ1n) is 26.3. The van der Waals surface area contributed by atoms with Crippen LogP contribution in [0.25, 0.3) is 10.9 Å². The maximum absolute atomic E-state index is 14.9. The molecule has 21 nitrogen and oxygen atoms in total. The topological polar surface area (TPSA) is 311 Å². The molecule has 4 aromatic rings. The molecule has 1 saturated carbocycles. The van der Waals surface area contributed by atoms with Crippen LogP contribution in [0.2, 0.25) is 0 Å². The molecule has 0 spiro atoms. The van der Waals surface area contributed by atoms with Crippen LogP contribution in [0.1, 0.15) is 133 Å². The van der Waals surface area contributed by atoms with E-state index in [4.69, 9.17) is 5.73 Å². The normalized spacial score (nSPS) is 21.2. The van der Waals surface area contributed by atoms with Gasteiger partial charge in [-0.05, 0) is 99.2 Å². The van der Waals surface area contributed by atoms with E-state index >= 15 is 0 Å². The van der Waals surface area contributed by atoms with Gasteiger partial charge >= 0.3 is 13.3 Å². The third-order valence-corrected chi connectivity index (χ3v) is 16.5. The van der Waals surface area contributed by atoms with E-state index < -0.39 is 90.0 Å². The van der Waals surface area contributed by atoms with E-state index in [1.165, 1.54) is 20.8 Å². The van der Waals surface area contributed by atoms with Gasteiger partial charge in [0.2, 0.25) is 41.4 Å². The van der Waals surface area contributed by atoms with E-state index in [0.29, 0.717) is 61.6 Å². The first-order valence-corrected chi connectivity index (χ1v) is 27.9. The van der Waals surface area contributed by atoms with Gasteiger partial charge < -0.3 is 51.2 Å². The fourth-order valence-corrected chi connectivity index (χ4v) is 11.5. The van der Waals surface area contributed by atoms with Crippen LogP contribution in [0.15, 0.2) is 72.8 Å². The number of hydrogen-bond acceptors (Lipinski definition) is 10. The number of rotatable bonds is 18. The van der Waals surface area contributed by atoms with Crippen molar-refractivity contribution in [1.29, 1.82) is 0 Å². The van der Waals surface area contributed by atoms with Gasteiger partial charge in [-0.1, -0.05) is 60.7 Å². The van der Waals surface area contributed by atoms with E-state index in [-0.39, 0.29) is 98.9 Å². The van der Waals surface area contributed by atoms with Gasteiger partial charge in [-0.25, -0.2) is 0 Å². The van der Waals surface area contributed by atoms with Crippen LogP contribution in [-0.4, -0.2) is 126 Å². The van der Waals surface area contributed by atoms with Crippen LogP contribution < -0.4 is 27.0 Å². The number of piperidine rings is 1. The van der Waals surface area contributed by atoms with Crippen LogP contribution in [0.3, 0.4) is 0 Å². The number of carbonyl (C=O) groups excluding carboxylic acids is 9. The Bertz CT molecular complexity index is 3240. The Hall–Kier alpha value is -7.80. The number of hydrogen-bond donors (Lipinski definition) is 8. The molecule has 5 atom stereocenters. The third-order valence-electron chi connectivity index (χ3n) is 15.5. The summed E-state index contributed by atoms with van der Waals surface area (Å²) < 4.78 is 41.0. The van der Waals surface area contributed by atoms with Gasteiger partial charge in [-0.3, -0.25) is 53.0 Å². The number of fused-ring (bicyclic) bond motifs is 3. The Balaban J connectivity index is 0.873. The highest BCUT2D eigenvalue weighted by Crippen LogP contribution is 2.59. The number of aromatic nitrogens is 1. The molecule has 9 amide bonds. The van der Waals surface area contributed by atoms with Crippen LogP contribution >= 0.6 is 7.60 Å². The molecule has 3 aromatic carbocycles. The van der Waals surface area contributed by atoms with Gasteiger partial charge in [0.25, 0.3) is 11.8 Å². The number of alkyl halides is 2. The van der Waals surface area contributed by atoms with Crippen molar-refractivity contribution in [1.82, 2.24) is 41.0 Å². The summed E-state index contributed by atoms with van der Waals surface area (Å²) in [6.45, 7) is 0.00267. The molecule has 24 heteroatoms. The molecule has 1 aromatic heterocycles. The monoisotopic (exact) mass is 1110 g/mol. The van der Waals surface area contributed by atoms with Crippen molar-refractivity contribution in [3.63, 3.8) is 0 Å². The molecule has 9 N–H and O–H groups in total. The number of imide groups is 1. The lowest BCUT2D eigenvalue weighted by Crippen LogP contribution is -2.62. The highest BCUT2D eigenvalue weighted by Gasteiger charge is 2.51. The number of carbonyl (C=O) groups is 9. The highest BCUT2D eigenvalue weighted by molar-refractivity contribution is 7.52. The smallest absolute Gasteiger partial charge is 0.370 e. The molecular formula is C55H60F2N9O12P. The molecule has 1 unspecified atom stereocenters. The quantitative estimate of drug-likeness (QED) is 0.0308. The van der Waals surface area contributed by atoms with Crippen molar-refractivity contribution < 1.29 is 66.3 Å². The fourth-order valence-electron chi connectivity index (χ4n) is 11.0. The molecule has 0 bridgehead atoms. The molecule has 5 aliphatic rings. The number of halogens is 2. The predicted octanol–water partition coefficient (Wildman–Crippen LogP) is 3.40. The van der Waals surface area contributed by atoms with Crippen LogP contribution in [0.5, 0.6) is 0 Å². The van der Waals surface area contributed by atoms with Crippen molar-refractivity contribution in [2.24, 2.45) is 5.73 Å². The summed E-state index contributed by atoms with van der Waals surface area (Å²) in [7, 11) is -5.92. The van der Waals surface area contributed by atoms with Crippen molar-refractivity contribution >= 4 is 71.7 Å². The standard InChI is InChI=1S/C55H60F2N9O12P/c56-55(57,79(76,77)78)35-16-18-39-33(28-35)29-41(59-39)48(70)61-42-31-64(47(69)15-8-3-1-2-5-10-32-11-9-14-37-38(32)30-65(52(37)74)43-21-23-46(68)62-50(43)72)27-24-36-17-20-44(66(36)53(42)75)51(73)60-40(19-22-45(58)67)49(71)63-54(25-26-54)34-12-6-4-7-13-34/h4,6-7,9,11-14,16,18,28-29,36,40,42-44,59H,1-3,8,15,17,19-27,30-31H2,(H2,58,67)(H,60,73)(H,61,70)(H,63,71)(H,62,68,72)(H2,76,77,78)/t36-,40+,42+,43?,44+/m1/s1. The summed E-state index contributed by atoms with van der Waals surface area (Å²) in [5.41, 5.74) is 1.93. The molecule has 9 rings (SSSR count). The minimum absolute atomic E-state index is 0.00336. The van der Waals surface area contributed by atoms with Crippen LogP contribution in [0, 0.1) is 11.8 Å². The number of primary amides is 1. The molecule has 3 saturated heterocycles. The molecule has 4 aliphatic heterocycles. The van der Waals surface area contributed by atoms with Gasteiger partial charge in [-0.15, -0.1) is 0 Å². The maximum Gasteiger partial charge on any atom is 0.399 e. The van der Waals surface area contributed by atoms with Crippen molar-refractivity contribution in [2.75, 3.05) is 13.1 Å². The molecule has 416 valence electrons. The second-order valence-electron chi connectivity index (χ2n) is 20.8. The SMILES string of the molecule is NC(=O)CC[C@H](NC(=O)[C@@H]1CC[C@@H]2CCN(C(=O)CCCCCC#Cc3cccc4c3CN(C3CCC(=O)NC3=O)C4=O)C[C@H](NC(=O)c3cc4cc(C(F)(F)P(=O)(O)O)ccc4[nH]3)C(=O)N21)C(=O)NC1(c2ccccc2)CC1. The lowest BCUT2D eigenvalue weighted by atomic mass is 10.0. The minimum atomic E-state index is -5.92. The Morgan fingerprint density at radius 2 is 1.68 bits per heavy atom. The van der Waals surface area contributed by atoms with E-state index in [0.717, 1.165) is 23.8 Å². The van der Waals surface area contributed by atoms with E-state index in [1.807, 2.05) is 30.3 Å². The van der Waals surface area contributed by atoms with Gasteiger partial charge in [-0.2, -0.15) is 8.78 Å². The predicted molar refractivity (Wildman–Crippen MR) is 279 cm³/mol. The Labute approximate surface area is 452 Å². The van der Waals surface area contributed by atoms with Crippen LogP contribution in [0.4, 0.5) is 8.78 Å². The number of nitrogens with one attached hydrogen (secondary N) is 5. The van der Waals surface area contributed by atoms with Gasteiger partial charge in [0.05, 0.1) is 5.54 Å². The lowest BCUT2D eigenvalue weighted by molar-refractivity contribution is -0.145. The molecule has 4 fully saturated rings. The summed E-state index contributed by atoms with van der Waals surface area (Å²) in [6, 6.07) is 13.3. The lowest BCUT2D eigenvalue weighted by Gasteiger charge is -2.39. The molecular weight excluding hydrogens is 1050 g/mol. The molecule has 79 heavy (non-hydrogen) atoms. The summed E-state index contributed by atoms with van der Waals surface area (Å²) in [4.78, 5) is 147. The van der Waals surface area contributed by atoms with Crippen molar-refractivity contribution in [2.45, 2.75) is 138 Å². The second-order valence-corrected chi connectivity index (χ2v) is 22.5. The average molecular weight is 1110 g/mol. The Kier molecular flexibility index (Phi) is 16.2. The Morgan fingerprint density at radius 3 is 2.41 bits per heavy atom. The summed E-state index contributed by atoms with van der Waals surface area (Å²) in [5, 5.41) is 10.8. The first-order chi connectivity index (χ1) is 37.6. The van der Waals surface area contributed by atoms with E-state index in [1.54, 1.807) is 18.2 Å². The summed E-state index contributed by atoms with van der Waals surface area (Å²) in [5.74, 6) is 1.31. The van der Waals surface area contributed by atoms with Crippen molar-refractivity contribution in [3.05, 3.63) is 106 Å². The number of H-pyrrole nitrogens is 1. The molecule has 0 radical (unpaired) electrons. The van der Waals surface area contributed by atoms with E-state index in [9.17, 15) is 66.3 Å². The highest BCUT2D eigenvalue weighted by atomic mass is 31.2. The second kappa shape index (κ2) is 22.9. The largest absolute Gasteiger partial charge is 0.399 e. The van der Waals surface area contributed by atoms with Gasteiger partial charge in [0.15, 0.2) is 0 Å². The number of benzene rings is 3. The molecule has 1 aliphatic carbocycles. The number of unbranched alkanes of at least 4 members (excludes halogenated alkanes) is 3. The number of nitrogens with two attached hydrogens (primary N) is 1. The summed E-state index contributed by atoms with van der Waals surface area (Å²) in [6.07, 6.45) is 4.30. The van der Waals surface area contributed by atoms with Gasteiger partial charge in [0.1, 0.15) is 29.9 Å². The first kappa shape index (κ1) is 55.9. The number of amides is 9. The fraction of sp³-hybridized carbons (Fsp3) is 0.436. The van der Waals surface area contributed by atoms with Gasteiger partial charge in [0, 0.05) is 79.0 Å². The average Bonchev–Trinajstić information content (AvgIpc) is 3.93. The van der Waals surface area contributed by atoms with E-state index in [2.05, 4.69) is 38.1 Å². The maximum atomic E-state index is 14.9. The van der Waals surface area contributed by atoms with Crippen molar-refractivity contribution in [3.8, 4) is 11.8 Å². The van der Waals surface area contributed by atoms with Crippen LogP contribution in [-0.2, 0) is 55.9 Å².